The third kappa shape index (κ3) is 3.12. The zero-order valence-corrected chi connectivity index (χ0v) is 11.7. The third-order valence-corrected chi connectivity index (χ3v) is 4.97. The Hall–Kier alpha value is -0.870. The number of rotatable bonds is 4. The minimum atomic E-state index is -4.13. The standard InChI is InChI=1S/C8H12ClN3O4S2/c1-2-12-18(15,16)8-4-7(17(11,13)14)5(9)3-6(8)10/h3-4,12H,2,10H2,1H3,(H2,11,13,14). The molecule has 0 spiro atoms. The van der Waals surface area contributed by atoms with Gasteiger partial charge in [-0.05, 0) is 12.1 Å². The summed E-state index contributed by atoms with van der Waals surface area (Å²) < 4.78 is 48.2. The number of benzene rings is 1. The molecule has 7 nitrogen and oxygen atoms in total. The van der Waals surface area contributed by atoms with Gasteiger partial charge >= 0.3 is 0 Å². The van der Waals surface area contributed by atoms with Gasteiger partial charge in [0.1, 0.15) is 9.79 Å². The maximum Gasteiger partial charge on any atom is 0.242 e. The zero-order chi connectivity index (χ0) is 14.1. The number of nitrogen functional groups attached to an aromatic ring is 1. The van der Waals surface area contributed by atoms with Gasteiger partial charge in [0, 0.05) is 6.54 Å². The van der Waals surface area contributed by atoms with Crippen molar-refractivity contribution in [3.05, 3.63) is 17.2 Å². The average Bonchev–Trinajstić information content (AvgIpc) is 2.14. The van der Waals surface area contributed by atoms with E-state index in [4.69, 9.17) is 22.5 Å². The van der Waals surface area contributed by atoms with Crippen LogP contribution >= 0.6 is 11.6 Å². The molecule has 0 aliphatic rings. The number of anilines is 1. The summed E-state index contributed by atoms with van der Waals surface area (Å²) in [5, 5.41) is 4.69. The number of halogens is 1. The van der Waals surface area contributed by atoms with Gasteiger partial charge in [-0.15, -0.1) is 0 Å². The maximum atomic E-state index is 11.8. The molecule has 1 rings (SSSR count). The molecule has 0 radical (unpaired) electrons. The summed E-state index contributed by atoms with van der Waals surface area (Å²) in [6.07, 6.45) is 0. The molecule has 0 amide bonds. The summed E-state index contributed by atoms with van der Waals surface area (Å²) in [5.41, 5.74) is 5.35. The molecule has 0 fully saturated rings. The lowest BCUT2D eigenvalue weighted by Crippen LogP contribution is -2.25. The van der Waals surface area contributed by atoms with Gasteiger partial charge in [0.05, 0.1) is 10.7 Å². The second-order valence-corrected chi connectivity index (χ2v) is 7.04. The largest absolute Gasteiger partial charge is 0.398 e. The molecular weight excluding hydrogens is 302 g/mol. The van der Waals surface area contributed by atoms with Crippen molar-refractivity contribution >= 4 is 37.3 Å². The van der Waals surface area contributed by atoms with Crippen LogP contribution in [0.3, 0.4) is 0 Å². The Morgan fingerprint density at radius 1 is 1.22 bits per heavy atom. The van der Waals surface area contributed by atoms with Gasteiger partial charge in [0.15, 0.2) is 0 Å². The van der Waals surface area contributed by atoms with E-state index >= 15 is 0 Å². The van der Waals surface area contributed by atoms with Crippen molar-refractivity contribution in [2.24, 2.45) is 5.14 Å². The van der Waals surface area contributed by atoms with Crippen LogP contribution < -0.4 is 15.6 Å². The summed E-state index contributed by atoms with van der Waals surface area (Å²) in [5.74, 6) is 0. The topological polar surface area (TPSA) is 132 Å². The molecule has 18 heavy (non-hydrogen) atoms. The van der Waals surface area contributed by atoms with Crippen LogP contribution in [-0.4, -0.2) is 23.4 Å². The Kier molecular flexibility index (Phi) is 4.23. The van der Waals surface area contributed by atoms with Crippen LogP contribution in [-0.2, 0) is 20.0 Å². The molecule has 0 aliphatic carbocycles. The number of hydrogen-bond donors (Lipinski definition) is 3. The average molecular weight is 314 g/mol. The molecule has 5 N–H and O–H groups in total. The van der Waals surface area contributed by atoms with Crippen molar-refractivity contribution in [2.45, 2.75) is 16.7 Å². The van der Waals surface area contributed by atoms with Crippen LogP contribution in [0.1, 0.15) is 6.92 Å². The fourth-order valence-electron chi connectivity index (χ4n) is 1.27. The van der Waals surface area contributed by atoms with Crippen LogP contribution in [0.2, 0.25) is 5.02 Å². The van der Waals surface area contributed by atoms with Gasteiger partial charge in [-0.2, -0.15) is 0 Å². The van der Waals surface area contributed by atoms with Gasteiger partial charge in [0.2, 0.25) is 20.0 Å². The van der Waals surface area contributed by atoms with E-state index in [9.17, 15) is 16.8 Å². The molecule has 0 aromatic heterocycles. The van der Waals surface area contributed by atoms with Crippen LogP contribution in [0.4, 0.5) is 5.69 Å². The van der Waals surface area contributed by atoms with E-state index in [0.717, 1.165) is 12.1 Å². The second kappa shape index (κ2) is 5.02. The molecule has 102 valence electrons. The van der Waals surface area contributed by atoms with E-state index < -0.39 is 24.9 Å². The van der Waals surface area contributed by atoms with E-state index in [1.165, 1.54) is 0 Å². The SMILES string of the molecule is CCNS(=O)(=O)c1cc(S(N)(=O)=O)c(Cl)cc1N. The summed E-state index contributed by atoms with van der Waals surface area (Å²) in [6.45, 7) is 1.71. The van der Waals surface area contributed by atoms with Crippen LogP contribution in [0.25, 0.3) is 0 Å². The van der Waals surface area contributed by atoms with Crippen molar-refractivity contribution in [2.75, 3.05) is 12.3 Å². The van der Waals surface area contributed by atoms with Crippen LogP contribution in [0.5, 0.6) is 0 Å². The van der Waals surface area contributed by atoms with Crippen molar-refractivity contribution in [1.82, 2.24) is 4.72 Å². The Balaban J connectivity index is 3.59. The summed E-state index contributed by atoms with van der Waals surface area (Å²) >= 11 is 5.66. The minimum Gasteiger partial charge on any atom is -0.398 e. The first-order valence-electron chi connectivity index (χ1n) is 4.71. The summed E-state index contributed by atoms with van der Waals surface area (Å²) in [4.78, 5) is -0.868. The van der Waals surface area contributed by atoms with E-state index in [1.807, 2.05) is 0 Å². The van der Waals surface area contributed by atoms with E-state index in [2.05, 4.69) is 4.72 Å². The van der Waals surface area contributed by atoms with Crippen molar-refractivity contribution in [1.29, 1.82) is 0 Å². The molecule has 0 aliphatic heterocycles. The highest BCUT2D eigenvalue weighted by Gasteiger charge is 2.22. The van der Waals surface area contributed by atoms with Crippen molar-refractivity contribution in [3.8, 4) is 0 Å². The Morgan fingerprint density at radius 2 is 1.78 bits per heavy atom. The first kappa shape index (κ1) is 15.2. The molecule has 1 aromatic rings. The molecule has 0 unspecified atom stereocenters. The lowest BCUT2D eigenvalue weighted by Gasteiger charge is -2.10. The molecule has 1 aromatic carbocycles. The fraction of sp³-hybridized carbons (Fsp3) is 0.250. The number of nitrogens with one attached hydrogen (secondary N) is 1. The van der Waals surface area contributed by atoms with Crippen LogP contribution in [0, 0.1) is 0 Å². The van der Waals surface area contributed by atoms with Gasteiger partial charge in [0.25, 0.3) is 0 Å². The predicted octanol–water partition coefficient (Wildman–Crippen LogP) is -0.132. The van der Waals surface area contributed by atoms with Gasteiger partial charge in [-0.1, -0.05) is 18.5 Å². The Labute approximate surface area is 110 Å². The van der Waals surface area contributed by atoms with Gasteiger partial charge < -0.3 is 5.73 Å². The molecular formula is C8H12ClN3O4S2. The van der Waals surface area contributed by atoms with E-state index in [0.29, 0.717) is 0 Å². The normalized spacial score (nSPS) is 12.6. The first-order valence-corrected chi connectivity index (χ1v) is 8.12. The highest BCUT2D eigenvalue weighted by molar-refractivity contribution is 7.90. The molecule has 0 saturated carbocycles. The lowest BCUT2D eigenvalue weighted by atomic mass is 10.3. The lowest BCUT2D eigenvalue weighted by molar-refractivity contribution is 0.584. The second-order valence-electron chi connectivity index (χ2n) is 3.37. The summed E-state index contributed by atoms with van der Waals surface area (Å²) in [6, 6.07) is 1.87. The maximum absolute atomic E-state index is 11.8. The number of sulfonamides is 2. The summed E-state index contributed by atoms with van der Waals surface area (Å²) in [7, 11) is -8.02. The molecule has 0 heterocycles. The molecule has 0 atom stereocenters. The zero-order valence-electron chi connectivity index (χ0n) is 9.34. The number of hydrogen-bond acceptors (Lipinski definition) is 5. The van der Waals surface area contributed by atoms with Gasteiger partial charge in [-0.3, -0.25) is 0 Å². The monoisotopic (exact) mass is 313 g/mol. The molecule has 0 bridgehead atoms. The first-order chi connectivity index (χ1) is 8.09. The quantitative estimate of drug-likeness (QED) is 0.666. The van der Waals surface area contributed by atoms with Crippen LogP contribution in [0.15, 0.2) is 21.9 Å². The number of primary sulfonamides is 1. The predicted molar refractivity (Wildman–Crippen MR) is 68.1 cm³/mol. The molecule has 0 saturated heterocycles. The Morgan fingerprint density at radius 3 is 2.22 bits per heavy atom. The minimum absolute atomic E-state index is 0.134. The molecule has 10 heteroatoms. The van der Waals surface area contributed by atoms with Crippen molar-refractivity contribution < 1.29 is 16.8 Å². The van der Waals surface area contributed by atoms with Gasteiger partial charge in [-0.25, -0.2) is 26.7 Å². The smallest absolute Gasteiger partial charge is 0.242 e. The number of nitrogens with two attached hydrogens (primary N) is 2. The van der Waals surface area contributed by atoms with Crippen molar-refractivity contribution in [3.63, 3.8) is 0 Å². The highest BCUT2D eigenvalue weighted by Crippen LogP contribution is 2.29. The third-order valence-electron chi connectivity index (χ3n) is 1.99. The fourth-order valence-corrected chi connectivity index (χ4v) is 3.63. The van der Waals surface area contributed by atoms with E-state index in [1.54, 1.807) is 6.92 Å². The Bertz CT molecular complexity index is 670. The van der Waals surface area contributed by atoms with E-state index in [-0.39, 0.29) is 22.2 Å². The highest BCUT2D eigenvalue weighted by atomic mass is 35.5.